The lowest BCUT2D eigenvalue weighted by atomic mass is 10.2. The molecule has 0 spiro atoms. The third-order valence-electron chi connectivity index (χ3n) is 2.68. The molecule has 0 radical (unpaired) electrons. The zero-order chi connectivity index (χ0) is 13.6. The van der Waals surface area contributed by atoms with Crippen molar-refractivity contribution in [2.45, 2.75) is 0 Å². The van der Waals surface area contributed by atoms with E-state index in [1.54, 1.807) is 0 Å². The number of benzene rings is 1. The average molecular weight is 279 g/mol. The van der Waals surface area contributed by atoms with Gasteiger partial charge in [-0.05, 0) is 29.8 Å². The minimum absolute atomic E-state index is 0.00891. The highest BCUT2D eigenvalue weighted by Gasteiger charge is 2.14. The number of phenolic OH excluding ortho intramolecular Hbond substituents is 1. The number of hydrogen-bond acceptors (Lipinski definition) is 4. The van der Waals surface area contributed by atoms with Crippen LogP contribution in [0.25, 0.3) is 16.8 Å². The van der Waals surface area contributed by atoms with Crippen LogP contribution in [0, 0.1) is 0 Å². The molecule has 3 rings (SSSR count). The van der Waals surface area contributed by atoms with E-state index in [1.165, 1.54) is 30.3 Å². The summed E-state index contributed by atoms with van der Waals surface area (Å²) < 4.78 is 5.82. The largest absolute Gasteiger partial charge is 0.507 e. The van der Waals surface area contributed by atoms with E-state index in [0.29, 0.717) is 0 Å². The molecule has 0 saturated carbocycles. The van der Waals surface area contributed by atoms with Crippen molar-refractivity contribution in [3.63, 3.8) is 0 Å². The van der Waals surface area contributed by atoms with Crippen LogP contribution >= 0.6 is 11.6 Å². The lowest BCUT2D eigenvalue weighted by Gasteiger charge is -2.04. The fraction of sp³-hybridized carbons (Fsp3) is 0. The SMILES string of the molecule is O=c1[nH]c2cccc(O)c2c(=O)n1-c1ccc(Cl)o1. The van der Waals surface area contributed by atoms with Gasteiger partial charge in [0.05, 0.1) is 5.52 Å². The summed E-state index contributed by atoms with van der Waals surface area (Å²) in [6, 6.07) is 7.22. The Labute approximate surface area is 110 Å². The van der Waals surface area contributed by atoms with Gasteiger partial charge < -0.3 is 14.5 Å². The number of halogens is 1. The molecular formula is C12H7ClN2O4. The van der Waals surface area contributed by atoms with Crippen molar-refractivity contribution < 1.29 is 9.52 Å². The van der Waals surface area contributed by atoms with E-state index in [2.05, 4.69) is 4.98 Å². The summed E-state index contributed by atoms with van der Waals surface area (Å²) >= 11 is 5.62. The number of fused-ring (bicyclic) bond motifs is 1. The van der Waals surface area contributed by atoms with Crippen LogP contribution in [-0.4, -0.2) is 14.7 Å². The molecule has 2 N–H and O–H groups in total. The number of nitrogens with zero attached hydrogens (tertiary/aromatic N) is 1. The first-order valence-electron chi connectivity index (χ1n) is 5.30. The number of phenols is 1. The highest BCUT2D eigenvalue weighted by Crippen LogP contribution is 2.19. The first-order chi connectivity index (χ1) is 9.08. The van der Waals surface area contributed by atoms with Gasteiger partial charge in [0.15, 0.2) is 5.22 Å². The molecule has 19 heavy (non-hydrogen) atoms. The number of furan rings is 1. The van der Waals surface area contributed by atoms with Crippen molar-refractivity contribution in [3.05, 3.63) is 56.4 Å². The summed E-state index contributed by atoms with van der Waals surface area (Å²) in [7, 11) is 0. The van der Waals surface area contributed by atoms with Gasteiger partial charge in [0.2, 0.25) is 5.88 Å². The van der Waals surface area contributed by atoms with Crippen LogP contribution in [0.5, 0.6) is 5.75 Å². The van der Waals surface area contributed by atoms with Crippen molar-refractivity contribution in [1.82, 2.24) is 9.55 Å². The standard InChI is InChI=1S/C12H7ClN2O4/c13-8-4-5-9(19-8)15-11(17)10-6(14-12(15)18)2-1-3-7(10)16/h1-5,16H,(H,14,18). The van der Waals surface area contributed by atoms with Gasteiger partial charge in [0, 0.05) is 6.07 Å². The maximum absolute atomic E-state index is 12.3. The Kier molecular flexibility index (Phi) is 2.46. The first kappa shape index (κ1) is 11.6. The van der Waals surface area contributed by atoms with Gasteiger partial charge in [-0.15, -0.1) is 0 Å². The molecule has 0 amide bonds. The third kappa shape index (κ3) is 1.73. The van der Waals surface area contributed by atoms with Crippen molar-refractivity contribution in [2.24, 2.45) is 0 Å². The summed E-state index contributed by atoms with van der Waals surface area (Å²) in [5, 5.41) is 9.79. The van der Waals surface area contributed by atoms with Crippen LogP contribution in [0.15, 0.2) is 44.3 Å². The minimum atomic E-state index is -0.678. The minimum Gasteiger partial charge on any atom is -0.507 e. The summed E-state index contributed by atoms with van der Waals surface area (Å²) in [4.78, 5) is 26.6. The number of nitrogens with one attached hydrogen (secondary N) is 1. The normalized spacial score (nSPS) is 11.0. The molecule has 0 aliphatic carbocycles. The van der Waals surface area contributed by atoms with Crippen LogP contribution in [0.2, 0.25) is 5.22 Å². The second-order valence-electron chi connectivity index (χ2n) is 3.85. The van der Waals surface area contributed by atoms with Gasteiger partial charge >= 0.3 is 5.69 Å². The highest BCUT2D eigenvalue weighted by molar-refractivity contribution is 6.28. The van der Waals surface area contributed by atoms with Crippen molar-refractivity contribution >= 4 is 22.5 Å². The maximum Gasteiger partial charge on any atom is 0.335 e. The van der Waals surface area contributed by atoms with Crippen LogP contribution in [-0.2, 0) is 0 Å². The Bertz CT molecular complexity index is 891. The van der Waals surface area contributed by atoms with Gasteiger partial charge in [0.1, 0.15) is 11.1 Å². The van der Waals surface area contributed by atoms with E-state index in [4.69, 9.17) is 16.0 Å². The van der Waals surface area contributed by atoms with Gasteiger partial charge in [0.25, 0.3) is 5.56 Å². The molecule has 0 aliphatic heterocycles. The molecule has 0 saturated heterocycles. The number of aromatic nitrogens is 2. The lowest BCUT2D eigenvalue weighted by molar-refractivity contribution is 0.480. The molecule has 0 bridgehead atoms. The van der Waals surface area contributed by atoms with Gasteiger partial charge in [-0.25, -0.2) is 4.79 Å². The fourth-order valence-electron chi connectivity index (χ4n) is 1.87. The Balaban J connectivity index is 2.47. The quantitative estimate of drug-likeness (QED) is 0.708. The fourth-order valence-corrected chi connectivity index (χ4v) is 2.01. The molecule has 0 unspecified atom stereocenters. The Morgan fingerprint density at radius 3 is 2.68 bits per heavy atom. The number of aromatic hydroxyl groups is 1. The molecule has 2 heterocycles. The first-order valence-corrected chi connectivity index (χ1v) is 5.68. The maximum atomic E-state index is 12.3. The van der Waals surface area contributed by atoms with Crippen LogP contribution < -0.4 is 11.2 Å². The van der Waals surface area contributed by atoms with Crippen molar-refractivity contribution in [2.75, 3.05) is 0 Å². The lowest BCUT2D eigenvalue weighted by Crippen LogP contribution is -2.33. The van der Waals surface area contributed by atoms with E-state index in [0.717, 1.165) is 4.57 Å². The topological polar surface area (TPSA) is 88.2 Å². The number of hydrogen-bond donors (Lipinski definition) is 2. The second kappa shape index (κ2) is 4.03. The zero-order valence-electron chi connectivity index (χ0n) is 9.38. The van der Waals surface area contributed by atoms with Gasteiger partial charge in [-0.1, -0.05) is 6.07 Å². The average Bonchev–Trinajstić information content (AvgIpc) is 2.75. The number of rotatable bonds is 1. The molecule has 1 aromatic carbocycles. The van der Waals surface area contributed by atoms with Crippen molar-refractivity contribution in [1.29, 1.82) is 0 Å². The molecule has 0 aliphatic rings. The van der Waals surface area contributed by atoms with E-state index in [1.807, 2.05) is 0 Å². The highest BCUT2D eigenvalue weighted by atomic mass is 35.5. The van der Waals surface area contributed by atoms with Crippen molar-refractivity contribution in [3.8, 4) is 11.6 Å². The monoisotopic (exact) mass is 278 g/mol. The van der Waals surface area contributed by atoms with Crippen LogP contribution in [0.4, 0.5) is 0 Å². The Morgan fingerprint density at radius 2 is 2.00 bits per heavy atom. The molecule has 2 aromatic heterocycles. The van der Waals surface area contributed by atoms with Gasteiger partial charge in [-0.2, -0.15) is 4.57 Å². The second-order valence-corrected chi connectivity index (χ2v) is 4.22. The molecular weight excluding hydrogens is 272 g/mol. The smallest absolute Gasteiger partial charge is 0.335 e. The Hall–Kier alpha value is -2.47. The number of aromatic amines is 1. The predicted octanol–water partition coefficient (Wildman–Crippen LogP) is 1.63. The van der Waals surface area contributed by atoms with E-state index < -0.39 is 11.2 Å². The molecule has 3 aromatic rings. The molecule has 0 fully saturated rings. The van der Waals surface area contributed by atoms with E-state index in [9.17, 15) is 14.7 Å². The number of H-pyrrole nitrogens is 1. The van der Waals surface area contributed by atoms with Crippen LogP contribution in [0.1, 0.15) is 0 Å². The van der Waals surface area contributed by atoms with Crippen LogP contribution in [0.3, 0.4) is 0 Å². The summed E-state index contributed by atoms with van der Waals surface area (Å²) in [6.45, 7) is 0. The predicted molar refractivity (Wildman–Crippen MR) is 69.1 cm³/mol. The molecule has 0 atom stereocenters. The summed E-state index contributed by atoms with van der Waals surface area (Å²) in [5.41, 5.74) is -1.10. The Morgan fingerprint density at radius 1 is 1.21 bits per heavy atom. The van der Waals surface area contributed by atoms with E-state index >= 15 is 0 Å². The van der Waals surface area contributed by atoms with E-state index in [-0.39, 0.29) is 27.8 Å². The molecule has 6 nitrogen and oxygen atoms in total. The molecule has 7 heteroatoms. The summed E-state index contributed by atoms with van der Waals surface area (Å²) in [6.07, 6.45) is 0. The summed E-state index contributed by atoms with van der Waals surface area (Å²) in [5.74, 6) is -0.230. The third-order valence-corrected chi connectivity index (χ3v) is 2.89. The van der Waals surface area contributed by atoms with Gasteiger partial charge in [-0.3, -0.25) is 4.79 Å². The zero-order valence-corrected chi connectivity index (χ0v) is 10.1. The molecule has 96 valence electrons.